The van der Waals surface area contributed by atoms with Gasteiger partial charge in [0, 0.05) is 38.4 Å². The lowest BCUT2D eigenvalue weighted by Gasteiger charge is -2.39. The van der Waals surface area contributed by atoms with Crippen molar-refractivity contribution >= 4 is 18.0 Å². The number of likely N-dealkylation sites (tertiary alicyclic amines) is 1. The van der Waals surface area contributed by atoms with Crippen LogP contribution in [0.25, 0.3) is 11.1 Å². The van der Waals surface area contributed by atoms with Crippen LogP contribution in [0.4, 0.5) is 4.79 Å². The average Bonchev–Trinajstić information content (AvgIpc) is 3.10. The summed E-state index contributed by atoms with van der Waals surface area (Å²) < 4.78 is 5.55. The summed E-state index contributed by atoms with van der Waals surface area (Å²) in [4.78, 5) is 37.1. The maximum absolute atomic E-state index is 12.4. The Morgan fingerprint density at radius 3 is 2.29 bits per heavy atom. The smallest absolute Gasteiger partial charge is 0.407 e. The molecule has 2 aliphatic rings. The molecule has 0 saturated carbocycles. The molecule has 4 rings (SSSR count). The van der Waals surface area contributed by atoms with Gasteiger partial charge in [-0.25, -0.2) is 4.79 Å². The zero-order valence-corrected chi connectivity index (χ0v) is 19.5. The first-order valence-corrected chi connectivity index (χ1v) is 12.0. The maximum atomic E-state index is 12.4. The number of hydrogen-bond acceptors (Lipinski definition) is 4. The van der Waals surface area contributed by atoms with Crippen LogP contribution in [-0.2, 0) is 14.3 Å². The van der Waals surface area contributed by atoms with E-state index in [0.29, 0.717) is 44.8 Å². The Balaban J connectivity index is 1.15. The number of rotatable bonds is 10. The summed E-state index contributed by atoms with van der Waals surface area (Å²) in [6.07, 6.45) is 1.46. The van der Waals surface area contributed by atoms with Crippen LogP contribution >= 0.6 is 0 Å². The van der Waals surface area contributed by atoms with E-state index < -0.39 is 12.1 Å². The van der Waals surface area contributed by atoms with Crippen LogP contribution in [-0.4, -0.2) is 54.2 Å². The SMILES string of the molecule is CC(CCNC(=O)OCC1c2ccccc2-c2ccccc21)CC(=O)N1CC(CCC(=O)O)C1. The molecule has 0 aromatic heterocycles. The first kappa shape index (κ1) is 23.8. The highest BCUT2D eigenvalue weighted by atomic mass is 16.5. The van der Waals surface area contributed by atoms with Crippen LogP contribution in [0, 0.1) is 11.8 Å². The Labute approximate surface area is 200 Å². The molecule has 2 N–H and O–H groups in total. The number of alkyl carbamates (subject to hydrolysis) is 1. The summed E-state index contributed by atoms with van der Waals surface area (Å²) in [5, 5.41) is 11.6. The van der Waals surface area contributed by atoms with Gasteiger partial charge < -0.3 is 20.1 Å². The Morgan fingerprint density at radius 1 is 1.06 bits per heavy atom. The Hall–Kier alpha value is -3.35. The van der Waals surface area contributed by atoms with E-state index in [4.69, 9.17) is 9.84 Å². The van der Waals surface area contributed by atoms with Gasteiger partial charge in [0.1, 0.15) is 6.61 Å². The largest absolute Gasteiger partial charge is 0.481 e. The molecule has 0 bridgehead atoms. The van der Waals surface area contributed by atoms with E-state index >= 15 is 0 Å². The van der Waals surface area contributed by atoms with Gasteiger partial charge in [0.25, 0.3) is 0 Å². The summed E-state index contributed by atoms with van der Waals surface area (Å²) in [6.45, 7) is 4.03. The van der Waals surface area contributed by atoms with Gasteiger partial charge in [-0.15, -0.1) is 0 Å². The number of hydrogen-bond donors (Lipinski definition) is 2. The fourth-order valence-electron chi connectivity index (χ4n) is 4.88. The molecule has 1 aliphatic heterocycles. The number of benzene rings is 2. The highest BCUT2D eigenvalue weighted by Gasteiger charge is 2.31. The van der Waals surface area contributed by atoms with Crippen molar-refractivity contribution in [1.82, 2.24) is 10.2 Å². The normalized spacial score (nSPS) is 15.7. The Kier molecular flexibility index (Phi) is 7.50. The maximum Gasteiger partial charge on any atom is 0.407 e. The van der Waals surface area contributed by atoms with Gasteiger partial charge in [-0.3, -0.25) is 9.59 Å². The molecule has 1 heterocycles. The van der Waals surface area contributed by atoms with Crippen molar-refractivity contribution in [3.63, 3.8) is 0 Å². The first-order chi connectivity index (χ1) is 16.4. The lowest BCUT2D eigenvalue weighted by molar-refractivity contribution is -0.140. The topological polar surface area (TPSA) is 95.9 Å². The highest BCUT2D eigenvalue weighted by molar-refractivity contribution is 5.79. The zero-order valence-electron chi connectivity index (χ0n) is 19.5. The van der Waals surface area contributed by atoms with Crippen molar-refractivity contribution in [3.8, 4) is 11.1 Å². The van der Waals surface area contributed by atoms with E-state index in [2.05, 4.69) is 29.6 Å². The quantitative estimate of drug-likeness (QED) is 0.548. The van der Waals surface area contributed by atoms with Crippen molar-refractivity contribution in [3.05, 3.63) is 59.7 Å². The molecule has 1 atom stereocenters. The number of nitrogens with zero attached hydrogens (tertiary/aromatic N) is 1. The summed E-state index contributed by atoms with van der Waals surface area (Å²) in [5.74, 6) is -0.224. The molecule has 0 spiro atoms. The summed E-state index contributed by atoms with van der Waals surface area (Å²) in [6, 6.07) is 16.5. The summed E-state index contributed by atoms with van der Waals surface area (Å²) in [5.41, 5.74) is 4.75. The van der Waals surface area contributed by atoms with Crippen molar-refractivity contribution < 1.29 is 24.2 Å². The number of nitrogens with one attached hydrogen (secondary N) is 1. The third-order valence-corrected chi connectivity index (χ3v) is 6.85. The number of aliphatic carboxylic acids is 1. The van der Waals surface area contributed by atoms with Crippen molar-refractivity contribution in [2.45, 2.75) is 38.5 Å². The first-order valence-electron chi connectivity index (χ1n) is 12.0. The monoisotopic (exact) mass is 464 g/mol. The minimum atomic E-state index is -0.790. The minimum absolute atomic E-state index is 0.0329. The fourth-order valence-corrected chi connectivity index (χ4v) is 4.88. The molecular weight excluding hydrogens is 432 g/mol. The van der Waals surface area contributed by atoms with Gasteiger partial charge >= 0.3 is 12.1 Å². The molecule has 7 nitrogen and oxygen atoms in total. The van der Waals surface area contributed by atoms with Gasteiger partial charge in [0.2, 0.25) is 5.91 Å². The molecule has 180 valence electrons. The van der Waals surface area contributed by atoms with Crippen LogP contribution in [0.5, 0.6) is 0 Å². The molecule has 34 heavy (non-hydrogen) atoms. The number of ether oxygens (including phenoxy) is 1. The number of carbonyl (C=O) groups is 3. The van der Waals surface area contributed by atoms with Crippen LogP contribution in [0.3, 0.4) is 0 Å². The van der Waals surface area contributed by atoms with Crippen LogP contribution in [0.2, 0.25) is 0 Å². The van der Waals surface area contributed by atoms with Crippen molar-refractivity contribution in [1.29, 1.82) is 0 Å². The Morgan fingerprint density at radius 2 is 1.68 bits per heavy atom. The zero-order chi connectivity index (χ0) is 24.1. The molecular formula is C27H32N2O5. The van der Waals surface area contributed by atoms with Crippen LogP contribution in [0.1, 0.15) is 49.7 Å². The predicted octanol–water partition coefficient (Wildman–Crippen LogP) is 4.26. The van der Waals surface area contributed by atoms with Gasteiger partial charge in [-0.1, -0.05) is 55.5 Å². The van der Waals surface area contributed by atoms with E-state index in [1.807, 2.05) is 31.2 Å². The lowest BCUT2D eigenvalue weighted by Crippen LogP contribution is -2.50. The molecule has 7 heteroatoms. The van der Waals surface area contributed by atoms with E-state index in [1.54, 1.807) is 4.90 Å². The molecule has 2 aromatic carbocycles. The molecule has 1 fully saturated rings. The minimum Gasteiger partial charge on any atom is -0.481 e. The van der Waals surface area contributed by atoms with E-state index in [9.17, 15) is 14.4 Å². The number of carboxylic acid groups (broad SMARTS) is 1. The standard InChI is InChI=1S/C27H32N2O5/c1-18(14-25(30)29-15-19(16-29)10-11-26(31)32)12-13-28-27(33)34-17-24-22-8-4-2-6-20(22)21-7-3-5-9-23(21)24/h2-9,18-19,24H,10-17H2,1H3,(H,28,33)(H,31,32). The number of fused-ring (bicyclic) bond motifs is 3. The second-order valence-corrected chi connectivity index (χ2v) is 9.45. The third kappa shape index (κ3) is 5.58. The van der Waals surface area contributed by atoms with Crippen LogP contribution in [0.15, 0.2) is 48.5 Å². The number of carboxylic acids is 1. The van der Waals surface area contributed by atoms with Crippen LogP contribution < -0.4 is 5.32 Å². The summed E-state index contributed by atoms with van der Waals surface area (Å²) >= 11 is 0. The summed E-state index contributed by atoms with van der Waals surface area (Å²) in [7, 11) is 0. The molecule has 0 radical (unpaired) electrons. The molecule has 2 aromatic rings. The molecule has 1 aliphatic carbocycles. The second-order valence-electron chi connectivity index (χ2n) is 9.45. The van der Waals surface area contributed by atoms with Gasteiger partial charge in [0.15, 0.2) is 0 Å². The highest BCUT2D eigenvalue weighted by Crippen LogP contribution is 2.44. The predicted molar refractivity (Wildman–Crippen MR) is 128 cm³/mol. The molecule has 2 amide bonds. The van der Waals surface area contributed by atoms with Crippen molar-refractivity contribution in [2.24, 2.45) is 11.8 Å². The molecule has 1 unspecified atom stereocenters. The second kappa shape index (κ2) is 10.7. The fraction of sp³-hybridized carbons (Fsp3) is 0.444. The van der Waals surface area contributed by atoms with Gasteiger partial charge in [-0.2, -0.15) is 0 Å². The van der Waals surface area contributed by atoms with E-state index in [-0.39, 0.29) is 30.8 Å². The molecule has 1 saturated heterocycles. The van der Waals surface area contributed by atoms with Gasteiger partial charge in [0.05, 0.1) is 0 Å². The third-order valence-electron chi connectivity index (χ3n) is 6.85. The van der Waals surface area contributed by atoms with E-state index in [0.717, 1.165) is 0 Å². The Bertz CT molecular complexity index is 1000. The van der Waals surface area contributed by atoms with Gasteiger partial charge in [-0.05, 0) is 46.9 Å². The van der Waals surface area contributed by atoms with E-state index in [1.165, 1.54) is 22.3 Å². The lowest BCUT2D eigenvalue weighted by atomic mass is 9.93. The average molecular weight is 465 g/mol. The number of carbonyl (C=O) groups excluding carboxylic acids is 2. The number of amides is 2. The van der Waals surface area contributed by atoms with Crippen molar-refractivity contribution in [2.75, 3.05) is 26.2 Å².